The molecule has 29 heavy (non-hydrogen) atoms. The van der Waals surface area contributed by atoms with Crippen molar-refractivity contribution in [1.82, 2.24) is 14.9 Å². The second-order valence-corrected chi connectivity index (χ2v) is 9.21. The fraction of sp³-hybridized carbons (Fsp3) is 0.450. The standard InChI is InChI=1S/C20H23FN4O2S2/c1-13-18(28-14(2)22-13)19(26)25(8-4-7-24-9-11-27-12-10-24)20-23-17-15(21)5-3-6-16(17)29-20/h3,5-6H,4,7-12H2,1-2H3. The van der Waals surface area contributed by atoms with E-state index in [1.807, 2.05) is 19.9 Å². The maximum Gasteiger partial charge on any atom is 0.272 e. The number of aryl methyl sites for hydroxylation is 2. The number of nitrogens with zero attached hydrogens (tertiary/aromatic N) is 4. The van der Waals surface area contributed by atoms with Crippen molar-refractivity contribution in [2.45, 2.75) is 20.3 Å². The Morgan fingerprint density at radius 2 is 2.03 bits per heavy atom. The van der Waals surface area contributed by atoms with Gasteiger partial charge in [0.2, 0.25) is 0 Å². The Labute approximate surface area is 176 Å². The zero-order chi connectivity index (χ0) is 20.4. The molecule has 1 aromatic carbocycles. The summed E-state index contributed by atoms with van der Waals surface area (Å²) in [6, 6.07) is 4.89. The molecule has 1 amide bonds. The van der Waals surface area contributed by atoms with E-state index in [4.69, 9.17) is 4.74 Å². The van der Waals surface area contributed by atoms with Crippen molar-refractivity contribution < 1.29 is 13.9 Å². The smallest absolute Gasteiger partial charge is 0.272 e. The van der Waals surface area contributed by atoms with Crippen LogP contribution in [0.25, 0.3) is 10.2 Å². The summed E-state index contributed by atoms with van der Waals surface area (Å²) in [4.78, 5) is 26.9. The number of anilines is 1. The highest BCUT2D eigenvalue weighted by molar-refractivity contribution is 7.22. The number of fused-ring (bicyclic) bond motifs is 1. The predicted molar refractivity (Wildman–Crippen MR) is 115 cm³/mol. The lowest BCUT2D eigenvalue weighted by atomic mass is 10.3. The molecule has 0 saturated carbocycles. The van der Waals surface area contributed by atoms with Crippen molar-refractivity contribution in [1.29, 1.82) is 0 Å². The van der Waals surface area contributed by atoms with Crippen molar-refractivity contribution >= 4 is 43.9 Å². The number of halogens is 1. The normalized spacial score (nSPS) is 15.1. The summed E-state index contributed by atoms with van der Waals surface area (Å²) in [5, 5.41) is 1.39. The monoisotopic (exact) mass is 434 g/mol. The summed E-state index contributed by atoms with van der Waals surface area (Å²) in [6.45, 7) is 8.46. The van der Waals surface area contributed by atoms with Crippen molar-refractivity contribution in [3.05, 3.63) is 39.6 Å². The molecule has 0 atom stereocenters. The van der Waals surface area contributed by atoms with Crippen molar-refractivity contribution in [3.63, 3.8) is 0 Å². The van der Waals surface area contributed by atoms with Crippen molar-refractivity contribution in [2.75, 3.05) is 44.3 Å². The summed E-state index contributed by atoms with van der Waals surface area (Å²) >= 11 is 2.74. The van der Waals surface area contributed by atoms with Crippen LogP contribution in [0.15, 0.2) is 18.2 Å². The minimum absolute atomic E-state index is 0.116. The number of thiazole rings is 2. The second kappa shape index (κ2) is 8.83. The van der Waals surface area contributed by atoms with Crippen LogP contribution >= 0.6 is 22.7 Å². The minimum atomic E-state index is -0.365. The van der Waals surface area contributed by atoms with Crippen molar-refractivity contribution in [3.8, 4) is 0 Å². The molecule has 1 fully saturated rings. The van der Waals surface area contributed by atoms with Gasteiger partial charge in [-0.1, -0.05) is 17.4 Å². The second-order valence-electron chi connectivity index (χ2n) is 6.99. The van der Waals surface area contributed by atoms with Gasteiger partial charge in [0, 0.05) is 26.2 Å². The van der Waals surface area contributed by atoms with E-state index in [-0.39, 0.29) is 11.7 Å². The van der Waals surface area contributed by atoms with Crippen LogP contribution in [0.3, 0.4) is 0 Å². The third kappa shape index (κ3) is 4.48. The summed E-state index contributed by atoms with van der Waals surface area (Å²) in [5.41, 5.74) is 1.04. The maximum atomic E-state index is 14.2. The lowest BCUT2D eigenvalue weighted by molar-refractivity contribution is 0.0376. The summed E-state index contributed by atoms with van der Waals surface area (Å²) < 4.78 is 20.3. The van der Waals surface area contributed by atoms with E-state index in [9.17, 15) is 9.18 Å². The van der Waals surface area contributed by atoms with Crippen LogP contribution in [-0.2, 0) is 4.74 Å². The van der Waals surface area contributed by atoms with Crippen LogP contribution in [0.2, 0.25) is 0 Å². The summed E-state index contributed by atoms with van der Waals surface area (Å²) in [6.07, 6.45) is 0.807. The number of benzene rings is 1. The van der Waals surface area contributed by atoms with E-state index in [2.05, 4.69) is 14.9 Å². The lowest BCUT2D eigenvalue weighted by Crippen LogP contribution is -2.39. The molecule has 3 heterocycles. The zero-order valence-electron chi connectivity index (χ0n) is 16.5. The molecule has 154 valence electrons. The van der Waals surface area contributed by atoms with Crippen LogP contribution in [0.1, 0.15) is 26.8 Å². The van der Waals surface area contributed by atoms with Crippen molar-refractivity contribution in [2.24, 2.45) is 0 Å². The molecule has 0 unspecified atom stereocenters. The summed E-state index contributed by atoms with van der Waals surface area (Å²) in [5.74, 6) is -0.481. The molecular weight excluding hydrogens is 411 g/mol. The molecule has 3 aromatic rings. The van der Waals surface area contributed by atoms with E-state index in [1.165, 1.54) is 28.7 Å². The van der Waals surface area contributed by atoms with Gasteiger partial charge in [-0.05, 0) is 32.4 Å². The largest absolute Gasteiger partial charge is 0.379 e. The Balaban J connectivity index is 1.59. The molecule has 6 nitrogen and oxygen atoms in total. The van der Waals surface area contributed by atoms with E-state index in [0.29, 0.717) is 22.1 Å². The first-order valence-electron chi connectivity index (χ1n) is 9.64. The molecule has 4 rings (SSSR count). The molecule has 2 aromatic heterocycles. The number of ether oxygens (including phenoxy) is 1. The minimum Gasteiger partial charge on any atom is -0.379 e. The predicted octanol–water partition coefficient (Wildman–Crippen LogP) is 3.88. The number of hydrogen-bond acceptors (Lipinski definition) is 7. The number of carbonyl (C=O) groups excluding carboxylic acids is 1. The van der Waals surface area contributed by atoms with Crippen LogP contribution < -0.4 is 4.90 Å². The Kier molecular flexibility index (Phi) is 6.19. The molecule has 1 saturated heterocycles. The third-order valence-corrected chi connectivity index (χ3v) is 7.00. The molecule has 0 bridgehead atoms. The third-order valence-electron chi connectivity index (χ3n) is 4.89. The van der Waals surface area contributed by atoms with Gasteiger partial charge in [-0.15, -0.1) is 11.3 Å². The zero-order valence-corrected chi connectivity index (χ0v) is 18.1. The van der Waals surface area contributed by atoms with Gasteiger partial charge in [0.15, 0.2) is 5.13 Å². The fourth-order valence-electron chi connectivity index (χ4n) is 3.43. The number of para-hydroxylation sites is 1. The first kappa shape index (κ1) is 20.3. The average molecular weight is 435 g/mol. The van der Waals surface area contributed by atoms with Gasteiger partial charge in [-0.3, -0.25) is 14.6 Å². The molecule has 0 aliphatic carbocycles. The first-order valence-corrected chi connectivity index (χ1v) is 11.3. The van der Waals surface area contributed by atoms with Gasteiger partial charge < -0.3 is 4.74 Å². The maximum absolute atomic E-state index is 14.2. The summed E-state index contributed by atoms with van der Waals surface area (Å²) in [7, 11) is 0. The number of morpholine rings is 1. The molecule has 1 aliphatic rings. The first-order chi connectivity index (χ1) is 14.0. The van der Waals surface area contributed by atoms with Crippen LogP contribution in [-0.4, -0.2) is 60.2 Å². The number of carbonyl (C=O) groups is 1. The molecule has 0 spiro atoms. The molecule has 1 aliphatic heterocycles. The molecular formula is C20H23FN4O2S2. The van der Waals surface area contributed by atoms with E-state index < -0.39 is 0 Å². The van der Waals surface area contributed by atoms with Crippen LogP contribution in [0.5, 0.6) is 0 Å². The van der Waals surface area contributed by atoms with Gasteiger partial charge in [0.1, 0.15) is 16.2 Å². The Hall–Kier alpha value is -1.94. The lowest BCUT2D eigenvalue weighted by Gasteiger charge is -2.27. The van der Waals surface area contributed by atoms with Gasteiger partial charge in [0.25, 0.3) is 5.91 Å². The topological polar surface area (TPSA) is 58.6 Å². The van der Waals surface area contributed by atoms with E-state index >= 15 is 0 Å². The highest BCUT2D eigenvalue weighted by Crippen LogP contribution is 2.32. The van der Waals surface area contributed by atoms with Crippen LogP contribution in [0.4, 0.5) is 9.52 Å². The van der Waals surface area contributed by atoms with Gasteiger partial charge >= 0.3 is 0 Å². The van der Waals surface area contributed by atoms with Crippen LogP contribution in [0, 0.1) is 19.7 Å². The quantitative estimate of drug-likeness (QED) is 0.589. The number of rotatable bonds is 6. The van der Waals surface area contributed by atoms with E-state index in [0.717, 1.165) is 54.7 Å². The highest BCUT2D eigenvalue weighted by Gasteiger charge is 2.25. The number of hydrogen-bond donors (Lipinski definition) is 0. The SMILES string of the molecule is Cc1nc(C)c(C(=O)N(CCCN2CCOCC2)c2nc3c(F)cccc3s2)s1. The molecule has 0 radical (unpaired) electrons. The number of aromatic nitrogens is 2. The average Bonchev–Trinajstić information content (AvgIpc) is 3.29. The Morgan fingerprint density at radius 3 is 2.72 bits per heavy atom. The van der Waals surface area contributed by atoms with Gasteiger partial charge in [-0.25, -0.2) is 14.4 Å². The van der Waals surface area contributed by atoms with E-state index in [1.54, 1.807) is 11.0 Å². The molecule has 9 heteroatoms. The van der Waals surface area contributed by atoms with Gasteiger partial charge in [-0.2, -0.15) is 0 Å². The number of amides is 1. The molecule has 0 N–H and O–H groups in total. The Morgan fingerprint density at radius 1 is 1.24 bits per heavy atom. The fourth-order valence-corrected chi connectivity index (χ4v) is 5.31. The Bertz CT molecular complexity index is 1010. The van der Waals surface area contributed by atoms with Gasteiger partial charge in [0.05, 0.1) is 28.6 Å². The highest BCUT2D eigenvalue weighted by atomic mass is 32.1.